The van der Waals surface area contributed by atoms with Crippen molar-refractivity contribution in [2.45, 2.75) is 71.0 Å². The molecule has 1 aliphatic rings. The summed E-state index contributed by atoms with van der Waals surface area (Å²) in [7, 11) is -3.86. The van der Waals surface area contributed by atoms with Gasteiger partial charge in [-0.2, -0.15) is 0 Å². The smallest absolute Gasteiger partial charge is 0.244 e. The molecule has 42 heavy (non-hydrogen) atoms. The first kappa shape index (κ1) is 31.2. The van der Waals surface area contributed by atoms with E-state index in [1.165, 1.54) is 17.0 Å². The normalized spacial score (nSPS) is 14.7. The van der Waals surface area contributed by atoms with Crippen molar-refractivity contribution in [2.75, 3.05) is 17.1 Å². The Labute approximate surface area is 248 Å². The van der Waals surface area contributed by atoms with E-state index in [9.17, 15) is 22.4 Å². The maximum Gasteiger partial charge on any atom is 0.244 e. The third-order valence-corrected chi connectivity index (χ3v) is 8.93. The lowest BCUT2D eigenvalue weighted by Gasteiger charge is -2.35. The SMILES string of the molecule is Cc1ccc(C)c(N(CC(=O)N(Cc2ccc(F)cc2)[C@@H](Cc2ccccc2)C(=O)NC2CCCCC2)S(C)(=O)=O)c1. The molecule has 0 radical (unpaired) electrons. The van der Waals surface area contributed by atoms with Crippen molar-refractivity contribution in [1.29, 1.82) is 0 Å². The highest BCUT2D eigenvalue weighted by Crippen LogP contribution is 2.25. The van der Waals surface area contributed by atoms with Crippen molar-refractivity contribution in [1.82, 2.24) is 10.2 Å². The minimum atomic E-state index is -3.86. The number of nitrogens with one attached hydrogen (secondary N) is 1. The number of benzene rings is 3. The summed E-state index contributed by atoms with van der Waals surface area (Å²) in [5.74, 6) is -1.21. The maximum absolute atomic E-state index is 14.2. The van der Waals surface area contributed by atoms with Gasteiger partial charge in [0.15, 0.2) is 0 Å². The van der Waals surface area contributed by atoms with Crippen LogP contribution in [0.2, 0.25) is 0 Å². The third-order valence-electron chi connectivity index (χ3n) is 7.80. The number of nitrogens with zero attached hydrogens (tertiary/aromatic N) is 2. The Morgan fingerprint density at radius 3 is 2.24 bits per heavy atom. The summed E-state index contributed by atoms with van der Waals surface area (Å²) in [5.41, 5.74) is 3.48. The molecule has 0 aliphatic heterocycles. The molecular formula is C33H40FN3O4S. The molecule has 3 aromatic rings. The minimum Gasteiger partial charge on any atom is -0.352 e. The van der Waals surface area contributed by atoms with E-state index in [0.29, 0.717) is 16.8 Å². The second-order valence-corrected chi connectivity index (χ2v) is 13.2. The van der Waals surface area contributed by atoms with Crippen LogP contribution in [0.1, 0.15) is 54.4 Å². The number of aryl methyl sites for hydroxylation is 2. The summed E-state index contributed by atoms with van der Waals surface area (Å²) < 4.78 is 40.9. The van der Waals surface area contributed by atoms with Gasteiger partial charge in [-0.05, 0) is 67.1 Å². The van der Waals surface area contributed by atoms with Crippen molar-refractivity contribution in [2.24, 2.45) is 0 Å². The molecule has 0 heterocycles. The number of rotatable bonds is 11. The van der Waals surface area contributed by atoms with Crippen LogP contribution < -0.4 is 9.62 Å². The summed E-state index contributed by atoms with van der Waals surface area (Å²) in [4.78, 5) is 29.6. The van der Waals surface area contributed by atoms with Crippen LogP contribution in [0.25, 0.3) is 0 Å². The second kappa shape index (κ2) is 14.0. The number of amides is 2. The highest BCUT2D eigenvalue weighted by molar-refractivity contribution is 7.92. The first-order chi connectivity index (χ1) is 20.0. The van der Waals surface area contributed by atoms with Crippen LogP contribution in [-0.2, 0) is 32.6 Å². The van der Waals surface area contributed by atoms with Crippen LogP contribution in [0.4, 0.5) is 10.1 Å². The van der Waals surface area contributed by atoms with Gasteiger partial charge in [-0.15, -0.1) is 0 Å². The van der Waals surface area contributed by atoms with Crippen LogP contribution in [0.15, 0.2) is 72.8 Å². The number of halogens is 1. The quantitative estimate of drug-likeness (QED) is 0.327. The number of hydrogen-bond donors (Lipinski definition) is 1. The van der Waals surface area contributed by atoms with E-state index in [4.69, 9.17) is 0 Å². The van der Waals surface area contributed by atoms with Crippen molar-refractivity contribution in [3.63, 3.8) is 0 Å². The molecule has 2 amide bonds. The average molecular weight is 594 g/mol. The summed E-state index contributed by atoms with van der Waals surface area (Å²) in [5, 5.41) is 3.18. The Balaban J connectivity index is 1.73. The molecule has 1 fully saturated rings. The zero-order chi connectivity index (χ0) is 30.3. The summed E-state index contributed by atoms with van der Waals surface area (Å²) in [6.45, 7) is 3.19. The summed E-state index contributed by atoms with van der Waals surface area (Å²) >= 11 is 0. The van der Waals surface area contributed by atoms with E-state index in [0.717, 1.165) is 53.8 Å². The van der Waals surface area contributed by atoms with Crippen LogP contribution in [-0.4, -0.2) is 50.0 Å². The number of carbonyl (C=O) groups excluding carboxylic acids is 2. The fraction of sp³-hybridized carbons (Fsp3) is 0.394. The first-order valence-corrected chi connectivity index (χ1v) is 16.3. The molecule has 0 spiro atoms. The zero-order valence-corrected chi connectivity index (χ0v) is 25.4. The summed E-state index contributed by atoms with van der Waals surface area (Å²) in [6, 6.07) is 19.8. The molecule has 7 nitrogen and oxygen atoms in total. The highest BCUT2D eigenvalue weighted by Gasteiger charge is 2.34. The Kier molecular flexibility index (Phi) is 10.4. The van der Waals surface area contributed by atoms with Gasteiger partial charge in [0.2, 0.25) is 21.8 Å². The molecule has 0 bridgehead atoms. The van der Waals surface area contributed by atoms with Gasteiger partial charge >= 0.3 is 0 Å². The fourth-order valence-electron chi connectivity index (χ4n) is 5.47. The maximum atomic E-state index is 14.2. The van der Waals surface area contributed by atoms with Gasteiger partial charge in [-0.25, -0.2) is 12.8 Å². The molecule has 9 heteroatoms. The molecule has 4 rings (SSSR count). The first-order valence-electron chi connectivity index (χ1n) is 14.4. The number of carbonyl (C=O) groups is 2. The van der Waals surface area contributed by atoms with Crippen molar-refractivity contribution < 1.29 is 22.4 Å². The molecule has 0 saturated heterocycles. The van der Waals surface area contributed by atoms with Crippen LogP contribution in [0.5, 0.6) is 0 Å². The number of sulfonamides is 1. The van der Waals surface area contributed by atoms with Crippen molar-refractivity contribution >= 4 is 27.5 Å². The monoisotopic (exact) mass is 593 g/mol. The molecule has 1 aliphatic carbocycles. The largest absolute Gasteiger partial charge is 0.352 e. The second-order valence-electron chi connectivity index (χ2n) is 11.3. The van der Waals surface area contributed by atoms with Gasteiger partial charge in [0, 0.05) is 19.0 Å². The molecule has 0 aromatic heterocycles. The standard InChI is InChI=1S/C33H40FN3O4S/c1-24-14-15-25(2)30(20-24)37(42(3,40)41)23-32(38)36(22-27-16-18-28(34)19-17-27)31(21-26-10-6-4-7-11-26)33(39)35-29-12-8-5-9-13-29/h4,6-7,10-11,14-20,29,31H,5,8-9,12-13,21-23H2,1-3H3,(H,35,39)/t31-/m0/s1. The van der Waals surface area contributed by atoms with E-state index in [2.05, 4.69) is 5.32 Å². The average Bonchev–Trinajstić information content (AvgIpc) is 2.96. The van der Waals surface area contributed by atoms with Gasteiger partial charge in [-0.1, -0.05) is 73.9 Å². The lowest BCUT2D eigenvalue weighted by molar-refractivity contribution is -0.140. The highest BCUT2D eigenvalue weighted by atomic mass is 32.2. The fourth-order valence-corrected chi connectivity index (χ4v) is 6.37. The molecule has 1 atom stereocenters. The molecule has 1 N–H and O–H groups in total. The Bertz CT molecular complexity index is 1470. The minimum absolute atomic E-state index is 0.0130. The zero-order valence-electron chi connectivity index (χ0n) is 24.6. The van der Waals surface area contributed by atoms with Gasteiger partial charge in [0.25, 0.3) is 0 Å². The van der Waals surface area contributed by atoms with Crippen LogP contribution in [0, 0.1) is 19.7 Å². The van der Waals surface area contributed by atoms with E-state index in [1.807, 2.05) is 49.4 Å². The number of anilines is 1. The molecule has 1 saturated carbocycles. The third kappa shape index (κ3) is 8.41. The topological polar surface area (TPSA) is 86.8 Å². The lowest BCUT2D eigenvalue weighted by Crippen LogP contribution is -2.55. The van der Waals surface area contributed by atoms with Gasteiger partial charge < -0.3 is 10.2 Å². The van der Waals surface area contributed by atoms with Crippen molar-refractivity contribution in [3.05, 3.63) is 101 Å². The van der Waals surface area contributed by atoms with Gasteiger partial charge in [-0.3, -0.25) is 13.9 Å². The van der Waals surface area contributed by atoms with Crippen LogP contribution >= 0.6 is 0 Å². The van der Waals surface area contributed by atoms with Crippen molar-refractivity contribution in [3.8, 4) is 0 Å². The van der Waals surface area contributed by atoms with E-state index in [-0.39, 0.29) is 24.9 Å². The van der Waals surface area contributed by atoms with E-state index < -0.39 is 34.3 Å². The van der Waals surface area contributed by atoms with Crippen LogP contribution in [0.3, 0.4) is 0 Å². The molecule has 224 valence electrons. The Hall–Kier alpha value is -3.72. The van der Waals surface area contributed by atoms with E-state index in [1.54, 1.807) is 25.1 Å². The predicted molar refractivity (Wildman–Crippen MR) is 164 cm³/mol. The molecular weight excluding hydrogens is 553 g/mol. The summed E-state index contributed by atoms with van der Waals surface area (Å²) in [6.07, 6.45) is 6.28. The Morgan fingerprint density at radius 1 is 0.929 bits per heavy atom. The Morgan fingerprint density at radius 2 is 1.60 bits per heavy atom. The van der Waals surface area contributed by atoms with Gasteiger partial charge in [0.1, 0.15) is 18.4 Å². The number of hydrogen-bond acceptors (Lipinski definition) is 4. The lowest BCUT2D eigenvalue weighted by atomic mass is 9.94. The molecule has 3 aromatic carbocycles. The predicted octanol–water partition coefficient (Wildman–Crippen LogP) is 5.30. The van der Waals surface area contributed by atoms with Gasteiger partial charge in [0.05, 0.1) is 11.9 Å². The van der Waals surface area contributed by atoms with E-state index >= 15 is 0 Å². The molecule has 0 unspecified atom stereocenters.